The van der Waals surface area contributed by atoms with E-state index in [-0.39, 0.29) is 53.3 Å². The molecule has 9 rings (SSSR count). The third kappa shape index (κ3) is 8.08. The van der Waals surface area contributed by atoms with Gasteiger partial charge in [0.2, 0.25) is 0 Å². The van der Waals surface area contributed by atoms with E-state index in [9.17, 15) is 36.6 Å². The fourth-order valence-corrected chi connectivity index (χ4v) is 8.82. The summed E-state index contributed by atoms with van der Waals surface area (Å²) in [5.74, 6) is -0.766. The summed E-state index contributed by atoms with van der Waals surface area (Å²) in [5.41, 5.74) is 8.75. The van der Waals surface area contributed by atoms with E-state index < -0.39 is 69.1 Å². The number of nitrogens with two attached hydrogens (primary N) is 1. The van der Waals surface area contributed by atoms with E-state index >= 15 is 0 Å². The number of imidazole rings is 1. The number of aromatic nitrogens is 4. The van der Waals surface area contributed by atoms with E-state index in [0.717, 1.165) is 35.6 Å². The number of ether oxygens (including phenoxy) is 4. The molecule has 1 spiro atoms. The number of nitrogen functional groups attached to an aromatic ring is 1. The molecule has 1 fully saturated rings. The van der Waals surface area contributed by atoms with Gasteiger partial charge in [-0.2, -0.15) is 8.42 Å². The highest BCUT2D eigenvalue weighted by Gasteiger charge is 2.54. The molecule has 0 bridgehead atoms. The number of alkyl carbamates (subject to hydrolysis) is 1. The van der Waals surface area contributed by atoms with Crippen molar-refractivity contribution in [1.82, 2.24) is 35.5 Å². The van der Waals surface area contributed by atoms with Crippen molar-refractivity contribution in [2.45, 2.75) is 35.0 Å². The normalized spacial score (nSPS) is 18.7. The van der Waals surface area contributed by atoms with E-state index in [1.54, 1.807) is 12.1 Å². The van der Waals surface area contributed by atoms with Crippen LogP contribution in [0.5, 0.6) is 11.5 Å². The molecule has 3 amide bonds. The average Bonchev–Trinajstić information content (AvgIpc) is 3.97. The van der Waals surface area contributed by atoms with Crippen LogP contribution >= 0.6 is 0 Å². The molecular weight excluding hydrogens is 908 g/mol. The Hall–Kier alpha value is -7.89. The molecule has 0 saturated carbocycles. The largest absolute Gasteiger partial charge is 0.456 e. The number of anilines is 3. The maximum atomic E-state index is 13.7. The summed E-state index contributed by atoms with van der Waals surface area (Å²) in [6, 6.07) is 20.0. The molecule has 68 heavy (non-hydrogen) atoms. The number of nitrogens with zero attached hydrogens (tertiary/aromatic N) is 6. The number of carbonyl (C=O) groups excluding carboxylic acids is 4. The molecule has 3 aliphatic heterocycles. The molecule has 5 heterocycles. The Labute approximate surface area is 387 Å². The zero-order valence-electron chi connectivity index (χ0n) is 36.7. The number of esters is 1. The van der Waals surface area contributed by atoms with Gasteiger partial charge < -0.3 is 55.5 Å². The SMILES string of the molecule is CN(C)c1ccc2c(c1)Oc1cc(N(C)C)ccc1C21OC(=O)c2ccc(C(=O)NCCNC(=O)O[C@@H]3[C@H](O)[C@@H](CNC(=O)c4ccc(S(=O)(=O)F)cc4)O[C@H]3n3cnc4c(N)ncnc43)cc21. The number of hydrogen-bond donors (Lipinski definition) is 5. The van der Waals surface area contributed by atoms with Crippen LogP contribution in [0.1, 0.15) is 54.0 Å². The molecule has 4 aromatic carbocycles. The first-order valence-corrected chi connectivity index (χ1v) is 22.3. The third-order valence-electron chi connectivity index (χ3n) is 11.8. The summed E-state index contributed by atoms with van der Waals surface area (Å²) in [5, 5.41) is 19.3. The second-order valence-electron chi connectivity index (χ2n) is 16.4. The number of nitrogens with one attached hydrogen (secondary N) is 3. The van der Waals surface area contributed by atoms with Gasteiger partial charge >= 0.3 is 22.3 Å². The molecule has 6 aromatic rings. The summed E-state index contributed by atoms with van der Waals surface area (Å²) in [4.78, 5) is 69.2. The number of carbonyl (C=O) groups is 4. The van der Waals surface area contributed by atoms with Crippen LogP contribution < -0.4 is 36.2 Å². The van der Waals surface area contributed by atoms with Gasteiger partial charge in [-0.3, -0.25) is 14.2 Å². The zero-order valence-corrected chi connectivity index (χ0v) is 37.5. The van der Waals surface area contributed by atoms with Gasteiger partial charge in [-0.25, -0.2) is 24.5 Å². The Morgan fingerprint density at radius 2 is 1.47 bits per heavy atom. The van der Waals surface area contributed by atoms with E-state index in [0.29, 0.717) is 28.2 Å². The minimum Gasteiger partial charge on any atom is -0.456 e. The fraction of sp³-hybridized carbons (Fsp3) is 0.267. The number of benzene rings is 4. The van der Waals surface area contributed by atoms with Crippen LogP contribution in [0.15, 0.2) is 96.4 Å². The van der Waals surface area contributed by atoms with Crippen LogP contribution in [0.3, 0.4) is 0 Å². The molecule has 6 N–H and O–H groups in total. The Kier molecular flexibility index (Phi) is 11.6. The quantitative estimate of drug-likeness (QED) is 0.0670. The summed E-state index contributed by atoms with van der Waals surface area (Å²) in [6.45, 7) is -0.521. The van der Waals surface area contributed by atoms with Gasteiger partial charge in [-0.1, -0.05) is 0 Å². The lowest BCUT2D eigenvalue weighted by Gasteiger charge is -2.37. The Morgan fingerprint density at radius 3 is 2.12 bits per heavy atom. The maximum absolute atomic E-state index is 13.7. The lowest BCUT2D eigenvalue weighted by atomic mass is 9.77. The van der Waals surface area contributed by atoms with Gasteiger partial charge in [-0.15, -0.1) is 3.89 Å². The summed E-state index contributed by atoms with van der Waals surface area (Å²) >= 11 is 0. The van der Waals surface area contributed by atoms with Crippen molar-refractivity contribution in [3.8, 4) is 11.5 Å². The number of aliphatic hydroxyl groups excluding tert-OH is 1. The highest BCUT2D eigenvalue weighted by molar-refractivity contribution is 7.86. The molecule has 2 aromatic heterocycles. The van der Waals surface area contributed by atoms with Crippen LogP contribution in [-0.4, -0.2) is 123 Å². The van der Waals surface area contributed by atoms with E-state index in [1.165, 1.54) is 23.3 Å². The molecule has 0 aliphatic carbocycles. The number of aliphatic hydroxyl groups is 1. The first kappa shape index (κ1) is 45.3. The number of amides is 3. The second kappa shape index (κ2) is 17.4. The lowest BCUT2D eigenvalue weighted by Crippen LogP contribution is -2.43. The van der Waals surface area contributed by atoms with Gasteiger partial charge in [0.25, 0.3) is 11.8 Å². The summed E-state index contributed by atoms with van der Waals surface area (Å²) < 4.78 is 61.8. The van der Waals surface area contributed by atoms with Gasteiger partial charge in [0.1, 0.15) is 35.6 Å². The standard InChI is InChI=1S/C45H43FN10O11S/c1-54(2)25-8-13-29-32(18-25)64-33-19-26(55(3)4)9-14-30(33)45(29)31-17-24(7-12-28(31)43(60)67-45)41(59)48-15-16-49-44(61)66-37-36(57)34(20-50-40(58)23-5-10-27(11-6-23)68(46,62)63)65-42(37)56-22-53-35-38(47)51-21-52-39(35)56/h5-14,17-19,21-22,34,36-37,42,57H,15-16,20H2,1-4H3,(H,48,59)(H,49,61)(H,50,58)(H2,47,51,52)/t34-,36-,37-,42-/m1/s1. The summed E-state index contributed by atoms with van der Waals surface area (Å²) in [7, 11) is 2.62. The maximum Gasteiger partial charge on any atom is 0.407 e. The minimum atomic E-state index is -4.98. The van der Waals surface area contributed by atoms with Gasteiger partial charge in [0.05, 0.1) is 16.8 Å². The average molecular weight is 951 g/mol. The zero-order chi connectivity index (χ0) is 48.2. The lowest BCUT2D eigenvalue weighted by molar-refractivity contribution is -0.0388. The van der Waals surface area contributed by atoms with Gasteiger partial charge in [-0.05, 0) is 66.7 Å². The van der Waals surface area contributed by atoms with Crippen molar-refractivity contribution < 1.29 is 55.5 Å². The molecular formula is C45H43FN10O11S. The van der Waals surface area contributed by atoms with Crippen LogP contribution in [0.2, 0.25) is 0 Å². The topological polar surface area (TPSA) is 272 Å². The summed E-state index contributed by atoms with van der Waals surface area (Å²) in [6.07, 6.45) is -3.88. The van der Waals surface area contributed by atoms with E-state index in [1.807, 2.05) is 74.4 Å². The number of hydrogen-bond acceptors (Lipinski definition) is 17. The van der Waals surface area contributed by atoms with Gasteiger partial charge in [0.15, 0.2) is 29.4 Å². The molecule has 1 saturated heterocycles. The number of rotatable bonds is 12. The van der Waals surface area contributed by atoms with Crippen LogP contribution in [-0.2, 0) is 30.0 Å². The molecule has 4 atom stereocenters. The highest BCUT2D eigenvalue weighted by Crippen LogP contribution is 2.57. The Morgan fingerprint density at radius 1 is 0.838 bits per heavy atom. The van der Waals surface area contributed by atoms with Gasteiger partial charge in [0, 0.05) is 99.1 Å². The van der Waals surface area contributed by atoms with E-state index in [4.69, 9.17) is 24.7 Å². The van der Waals surface area contributed by atoms with E-state index in [2.05, 4.69) is 30.9 Å². The fourth-order valence-electron chi connectivity index (χ4n) is 8.36. The molecule has 23 heteroatoms. The molecule has 3 aliphatic rings. The minimum absolute atomic E-state index is 0.00815. The molecule has 0 unspecified atom stereocenters. The van der Waals surface area contributed by atoms with Crippen molar-refractivity contribution in [3.05, 3.63) is 125 Å². The highest BCUT2D eigenvalue weighted by atomic mass is 32.3. The smallest absolute Gasteiger partial charge is 0.407 e. The van der Waals surface area contributed by atoms with Crippen molar-refractivity contribution in [2.24, 2.45) is 0 Å². The van der Waals surface area contributed by atoms with Crippen LogP contribution in [0.4, 0.5) is 25.9 Å². The van der Waals surface area contributed by atoms with Crippen LogP contribution in [0.25, 0.3) is 11.2 Å². The molecule has 352 valence electrons. The van der Waals surface area contributed by atoms with Crippen molar-refractivity contribution in [1.29, 1.82) is 0 Å². The Balaban J connectivity index is 0.888. The Bertz CT molecular complexity index is 3070. The predicted octanol–water partition coefficient (Wildman–Crippen LogP) is 2.98. The molecule has 21 nitrogen and oxygen atoms in total. The predicted molar refractivity (Wildman–Crippen MR) is 241 cm³/mol. The number of fused-ring (bicyclic) bond motifs is 7. The first-order chi connectivity index (χ1) is 32.4. The second-order valence-corrected chi connectivity index (χ2v) is 17.8. The monoisotopic (exact) mass is 950 g/mol. The van der Waals surface area contributed by atoms with Crippen molar-refractivity contribution >= 4 is 62.5 Å². The third-order valence-corrected chi connectivity index (χ3v) is 12.7. The van der Waals surface area contributed by atoms with Crippen molar-refractivity contribution in [3.63, 3.8) is 0 Å². The molecule has 0 radical (unpaired) electrons. The first-order valence-electron chi connectivity index (χ1n) is 21.0. The van der Waals surface area contributed by atoms with Crippen LogP contribution in [0, 0.1) is 0 Å². The number of halogens is 1. The van der Waals surface area contributed by atoms with Crippen molar-refractivity contribution in [2.75, 3.05) is 63.4 Å².